The van der Waals surface area contributed by atoms with Gasteiger partial charge >= 0.3 is 6.18 Å². The fraction of sp³-hybridized carbons (Fsp3) is 0.333. The molecule has 1 saturated heterocycles. The van der Waals surface area contributed by atoms with E-state index in [2.05, 4.69) is 5.10 Å². The standard InChI is InChI=1S/C21H20F3N3O/c1-26-18-9-5-3-7-16(18)19(25-26)20(28)27-12-10-14(11-13-27)15-6-2-4-8-17(15)21(22,23)24/h2-9,14H,10-13H2,1H3. The molecule has 4 nitrogen and oxygen atoms in total. The van der Waals surface area contributed by atoms with Gasteiger partial charge in [0, 0.05) is 25.5 Å². The number of alkyl halides is 3. The number of amides is 1. The van der Waals surface area contributed by atoms with Gasteiger partial charge < -0.3 is 4.90 Å². The zero-order valence-electron chi connectivity index (χ0n) is 15.4. The number of halogens is 3. The molecule has 0 spiro atoms. The first-order valence-corrected chi connectivity index (χ1v) is 9.23. The van der Waals surface area contributed by atoms with Crippen LogP contribution in [0.2, 0.25) is 0 Å². The molecule has 1 aromatic heterocycles. The molecule has 1 amide bonds. The van der Waals surface area contributed by atoms with Crippen LogP contribution in [0, 0.1) is 0 Å². The van der Waals surface area contributed by atoms with Crippen LogP contribution in [0.1, 0.15) is 40.4 Å². The van der Waals surface area contributed by atoms with Crippen LogP contribution in [0.25, 0.3) is 10.9 Å². The number of aryl methyl sites for hydroxylation is 1. The van der Waals surface area contributed by atoms with E-state index >= 15 is 0 Å². The number of fused-ring (bicyclic) bond motifs is 1. The lowest BCUT2D eigenvalue weighted by atomic mass is 9.86. The number of nitrogens with zero attached hydrogens (tertiary/aromatic N) is 3. The number of hydrogen-bond donors (Lipinski definition) is 0. The second-order valence-corrected chi connectivity index (χ2v) is 7.14. The van der Waals surface area contributed by atoms with Crippen molar-refractivity contribution >= 4 is 16.8 Å². The van der Waals surface area contributed by atoms with Crippen molar-refractivity contribution < 1.29 is 18.0 Å². The van der Waals surface area contributed by atoms with Gasteiger partial charge in [0.05, 0.1) is 11.1 Å². The maximum Gasteiger partial charge on any atom is 0.416 e. The lowest BCUT2D eigenvalue weighted by Crippen LogP contribution is -2.38. The smallest absolute Gasteiger partial charge is 0.337 e. The van der Waals surface area contributed by atoms with Crippen LogP contribution >= 0.6 is 0 Å². The van der Waals surface area contributed by atoms with Gasteiger partial charge in [0.15, 0.2) is 5.69 Å². The highest BCUT2D eigenvalue weighted by molar-refractivity contribution is 6.04. The van der Waals surface area contributed by atoms with Gasteiger partial charge in [-0.25, -0.2) is 0 Å². The second kappa shape index (κ2) is 6.96. The van der Waals surface area contributed by atoms with E-state index in [1.807, 2.05) is 24.3 Å². The van der Waals surface area contributed by atoms with E-state index in [-0.39, 0.29) is 11.8 Å². The van der Waals surface area contributed by atoms with E-state index in [4.69, 9.17) is 0 Å². The Bertz CT molecular complexity index is 1020. The molecule has 2 aromatic carbocycles. The van der Waals surface area contributed by atoms with E-state index in [9.17, 15) is 18.0 Å². The number of piperidine rings is 1. The van der Waals surface area contributed by atoms with Gasteiger partial charge in [-0.05, 0) is 36.5 Å². The summed E-state index contributed by atoms with van der Waals surface area (Å²) in [6.45, 7) is 0.835. The summed E-state index contributed by atoms with van der Waals surface area (Å²) in [4.78, 5) is 14.7. The van der Waals surface area contributed by atoms with Gasteiger partial charge in [-0.15, -0.1) is 0 Å². The van der Waals surface area contributed by atoms with Gasteiger partial charge in [-0.1, -0.05) is 36.4 Å². The Morgan fingerprint density at radius 2 is 1.68 bits per heavy atom. The highest BCUT2D eigenvalue weighted by Crippen LogP contribution is 2.38. The third-order valence-corrected chi connectivity index (χ3v) is 5.45. The van der Waals surface area contributed by atoms with Crippen molar-refractivity contribution in [2.75, 3.05) is 13.1 Å². The SMILES string of the molecule is Cn1nc(C(=O)N2CCC(c3ccccc3C(F)(F)F)CC2)c2ccccc21. The third kappa shape index (κ3) is 3.25. The van der Waals surface area contributed by atoms with Crippen molar-refractivity contribution in [2.24, 2.45) is 7.05 Å². The third-order valence-electron chi connectivity index (χ3n) is 5.45. The number of likely N-dealkylation sites (tertiary alicyclic amines) is 1. The average Bonchev–Trinajstić information content (AvgIpc) is 3.04. The first-order chi connectivity index (χ1) is 13.4. The number of aromatic nitrogens is 2. The van der Waals surface area contributed by atoms with Crippen LogP contribution < -0.4 is 0 Å². The average molecular weight is 387 g/mol. The molecule has 0 bridgehead atoms. The maximum atomic E-state index is 13.3. The van der Waals surface area contributed by atoms with Crippen molar-refractivity contribution in [2.45, 2.75) is 24.9 Å². The van der Waals surface area contributed by atoms with Gasteiger partial charge in [-0.3, -0.25) is 9.48 Å². The molecule has 0 unspecified atom stereocenters. The molecule has 0 N–H and O–H groups in total. The highest BCUT2D eigenvalue weighted by Gasteiger charge is 2.36. The molecule has 4 rings (SSSR count). The molecular formula is C21H20F3N3O. The Morgan fingerprint density at radius 3 is 2.39 bits per heavy atom. The second-order valence-electron chi connectivity index (χ2n) is 7.14. The molecular weight excluding hydrogens is 367 g/mol. The quantitative estimate of drug-likeness (QED) is 0.644. The summed E-state index contributed by atoms with van der Waals surface area (Å²) < 4.78 is 41.6. The number of carbonyl (C=O) groups is 1. The maximum absolute atomic E-state index is 13.3. The summed E-state index contributed by atoms with van der Waals surface area (Å²) in [7, 11) is 1.79. The first-order valence-electron chi connectivity index (χ1n) is 9.23. The van der Waals surface area contributed by atoms with Crippen molar-refractivity contribution in [1.29, 1.82) is 0 Å². The van der Waals surface area contributed by atoms with Crippen LogP contribution in [0.4, 0.5) is 13.2 Å². The van der Waals surface area contributed by atoms with Gasteiger partial charge in [-0.2, -0.15) is 18.3 Å². The zero-order valence-corrected chi connectivity index (χ0v) is 15.4. The fourth-order valence-electron chi connectivity index (χ4n) is 4.03. The lowest BCUT2D eigenvalue weighted by Gasteiger charge is -2.33. The van der Waals surface area contributed by atoms with Crippen molar-refractivity contribution in [3.05, 3.63) is 65.4 Å². The molecule has 0 atom stereocenters. The van der Waals surface area contributed by atoms with E-state index in [0.29, 0.717) is 37.2 Å². The Kier molecular flexibility index (Phi) is 4.61. The van der Waals surface area contributed by atoms with Crippen LogP contribution in [-0.4, -0.2) is 33.7 Å². The lowest BCUT2D eigenvalue weighted by molar-refractivity contribution is -0.138. The summed E-state index contributed by atoms with van der Waals surface area (Å²) >= 11 is 0. The Balaban J connectivity index is 1.53. The predicted molar refractivity (Wildman–Crippen MR) is 100 cm³/mol. The van der Waals surface area contributed by atoms with Crippen LogP contribution in [0.3, 0.4) is 0 Å². The molecule has 3 aromatic rings. The molecule has 28 heavy (non-hydrogen) atoms. The molecule has 0 radical (unpaired) electrons. The van der Waals surface area contributed by atoms with Crippen LogP contribution in [0.15, 0.2) is 48.5 Å². The largest absolute Gasteiger partial charge is 0.416 e. The van der Waals surface area contributed by atoms with Gasteiger partial charge in [0.2, 0.25) is 0 Å². The summed E-state index contributed by atoms with van der Waals surface area (Å²) in [5.74, 6) is -0.373. The first kappa shape index (κ1) is 18.5. The van der Waals surface area contributed by atoms with E-state index in [0.717, 1.165) is 17.0 Å². The van der Waals surface area contributed by atoms with Crippen molar-refractivity contribution in [1.82, 2.24) is 14.7 Å². The number of benzene rings is 2. The predicted octanol–water partition coefficient (Wildman–Crippen LogP) is 4.61. The topological polar surface area (TPSA) is 38.1 Å². The van der Waals surface area contributed by atoms with Crippen LogP contribution in [0.5, 0.6) is 0 Å². The molecule has 1 fully saturated rings. The summed E-state index contributed by atoms with van der Waals surface area (Å²) in [6.07, 6.45) is -3.36. The molecule has 146 valence electrons. The summed E-state index contributed by atoms with van der Waals surface area (Å²) in [5.41, 5.74) is 1.02. The van der Waals surface area contributed by atoms with Gasteiger partial charge in [0.1, 0.15) is 0 Å². The monoisotopic (exact) mass is 387 g/mol. The van der Waals surface area contributed by atoms with E-state index in [1.165, 1.54) is 6.07 Å². The minimum Gasteiger partial charge on any atom is -0.337 e. The van der Waals surface area contributed by atoms with Gasteiger partial charge in [0.25, 0.3) is 5.91 Å². The Hall–Kier alpha value is -2.83. The van der Waals surface area contributed by atoms with E-state index < -0.39 is 11.7 Å². The van der Waals surface area contributed by atoms with Crippen molar-refractivity contribution in [3.63, 3.8) is 0 Å². The molecule has 2 heterocycles. The number of carbonyl (C=O) groups excluding carboxylic acids is 1. The molecule has 1 aliphatic heterocycles. The molecule has 1 aliphatic rings. The molecule has 7 heteroatoms. The Labute approximate surface area is 160 Å². The van der Waals surface area contributed by atoms with Crippen molar-refractivity contribution in [3.8, 4) is 0 Å². The normalized spacial score (nSPS) is 15.9. The molecule has 0 saturated carbocycles. The summed E-state index contributed by atoms with van der Waals surface area (Å²) in [5, 5.41) is 5.16. The van der Waals surface area contributed by atoms with E-state index in [1.54, 1.807) is 28.8 Å². The Morgan fingerprint density at radius 1 is 1.04 bits per heavy atom. The van der Waals surface area contributed by atoms with Crippen LogP contribution in [-0.2, 0) is 13.2 Å². The molecule has 0 aliphatic carbocycles. The number of para-hydroxylation sites is 1. The minimum absolute atomic E-state index is 0.167. The highest BCUT2D eigenvalue weighted by atomic mass is 19.4. The fourth-order valence-corrected chi connectivity index (χ4v) is 4.03. The minimum atomic E-state index is -4.36. The zero-order chi connectivity index (χ0) is 19.9. The summed E-state index contributed by atoms with van der Waals surface area (Å²) in [6, 6.07) is 13.3. The number of hydrogen-bond acceptors (Lipinski definition) is 2. The number of rotatable bonds is 2.